The Bertz CT molecular complexity index is 253. The smallest absolute Gasteiger partial charge is 0.349 e. The van der Waals surface area contributed by atoms with Crippen LogP contribution in [-0.4, -0.2) is 30.3 Å². The summed E-state index contributed by atoms with van der Waals surface area (Å²) in [5.74, 6) is -6.60. The first-order valence-corrected chi connectivity index (χ1v) is 4.51. The third-order valence-corrected chi connectivity index (χ3v) is 2.53. The van der Waals surface area contributed by atoms with Gasteiger partial charge in [0.25, 0.3) is 5.91 Å². The Morgan fingerprint density at radius 2 is 2.00 bits per heavy atom. The van der Waals surface area contributed by atoms with Gasteiger partial charge in [-0.2, -0.15) is 8.78 Å². The van der Waals surface area contributed by atoms with E-state index in [1.807, 2.05) is 0 Å². The fraction of sp³-hybridized carbons (Fsp3) is 0.875. The monoisotopic (exact) mass is 228 g/mol. The molecule has 0 spiro atoms. The normalized spacial score (nSPS) is 19.9. The molecule has 0 aromatic rings. The predicted molar refractivity (Wildman–Crippen MR) is 44.7 cm³/mol. The molecule has 0 unspecified atom stereocenters. The molecule has 1 aliphatic carbocycles. The molecule has 0 saturated heterocycles. The van der Waals surface area contributed by atoms with Crippen LogP contribution < -0.4 is 11.1 Å². The lowest BCUT2D eigenvalue weighted by molar-refractivity contribution is -0.169. The van der Waals surface area contributed by atoms with Gasteiger partial charge >= 0.3 is 12.3 Å². The molecular weight excluding hydrogens is 216 g/mol. The van der Waals surface area contributed by atoms with E-state index in [2.05, 4.69) is 0 Å². The Morgan fingerprint density at radius 3 is 2.33 bits per heavy atom. The van der Waals surface area contributed by atoms with Crippen LogP contribution >= 0.6 is 0 Å². The highest BCUT2D eigenvalue weighted by Gasteiger charge is 2.49. The van der Waals surface area contributed by atoms with Crippen LogP contribution in [0.3, 0.4) is 0 Å². The summed E-state index contributed by atoms with van der Waals surface area (Å²) in [6, 6.07) is 0. The number of hydrogen-bond acceptors (Lipinski definition) is 2. The molecule has 1 rings (SSSR count). The molecule has 3 N–H and O–H groups in total. The van der Waals surface area contributed by atoms with Crippen molar-refractivity contribution < 1.29 is 22.4 Å². The lowest BCUT2D eigenvalue weighted by Crippen LogP contribution is -2.57. The average molecular weight is 228 g/mol. The number of nitrogens with two attached hydrogens (primary N) is 1. The largest absolute Gasteiger partial charge is 0.383 e. The Kier molecular flexibility index (Phi) is 3.22. The summed E-state index contributed by atoms with van der Waals surface area (Å²) in [5.41, 5.74) is 4.92. The summed E-state index contributed by atoms with van der Waals surface area (Å²) in [5, 5.41) is 1.75. The second kappa shape index (κ2) is 3.96. The number of amides is 1. The third kappa shape index (κ3) is 2.58. The summed E-state index contributed by atoms with van der Waals surface area (Å²) in [6.07, 6.45) is -1.92. The first-order valence-electron chi connectivity index (χ1n) is 4.51. The number of carbonyl (C=O) groups is 1. The molecule has 88 valence electrons. The minimum absolute atomic E-state index is 0.186. The van der Waals surface area contributed by atoms with Gasteiger partial charge in [-0.3, -0.25) is 4.79 Å². The molecule has 0 aliphatic heterocycles. The van der Waals surface area contributed by atoms with Crippen LogP contribution in [0.2, 0.25) is 0 Å². The quantitative estimate of drug-likeness (QED) is 0.702. The number of rotatable bonds is 4. The first-order chi connectivity index (χ1) is 6.78. The van der Waals surface area contributed by atoms with Crippen molar-refractivity contribution in [1.29, 1.82) is 0 Å². The SMILES string of the molecule is NC1(CNC(=O)C(F)(F)C(F)F)CCC1. The van der Waals surface area contributed by atoms with Gasteiger partial charge in [-0.05, 0) is 19.3 Å². The van der Waals surface area contributed by atoms with E-state index in [9.17, 15) is 22.4 Å². The zero-order chi connectivity index (χ0) is 11.7. The second-order valence-corrected chi connectivity index (χ2v) is 3.82. The summed E-state index contributed by atoms with van der Waals surface area (Å²) < 4.78 is 48.3. The number of halogens is 4. The highest BCUT2D eigenvalue weighted by Crippen LogP contribution is 2.29. The lowest BCUT2D eigenvalue weighted by Gasteiger charge is -2.38. The van der Waals surface area contributed by atoms with Crippen LogP contribution in [0.25, 0.3) is 0 Å². The van der Waals surface area contributed by atoms with Gasteiger partial charge in [0.1, 0.15) is 0 Å². The molecule has 15 heavy (non-hydrogen) atoms. The molecule has 3 nitrogen and oxygen atoms in total. The van der Waals surface area contributed by atoms with Crippen LogP contribution in [0.15, 0.2) is 0 Å². The van der Waals surface area contributed by atoms with Crippen molar-refractivity contribution in [3.63, 3.8) is 0 Å². The summed E-state index contributed by atoms with van der Waals surface area (Å²) >= 11 is 0. The highest BCUT2D eigenvalue weighted by atomic mass is 19.3. The molecule has 0 radical (unpaired) electrons. The second-order valence-electron chi connectivity index (χ2n) is 3.82. The lowest BCUT2D eigenvalue weighted by atomic mass is 9.78. The Hall–Kier alpha value is -0.850. The molecule has 0 heterocycles. The topological polar surface area (TPSA) is 55.1 Å². The van der Waals surface area contributed by atoms with Gasteiger partial charge in [0, 0.05) is 12.1 Å². The summed E-state index contributed by atoms with van der Waals surface area (Å²) in [6.45, 7) is -0.186. The predicted octanol–water partition coefficient (Wildman–Crippen LogP) is 0.884. The maximum absolute atomic E-state index is 12.4. The minimum atomic E-state index is -4.64. The van der Waals surface area contributed by atoms with E-state index in [-0.39, 0.29) is 6.54 Å². The molecule has 1 saturated carbocycles. The zero-order valence-corrected chi connectivity index (χ0v) is 7.90. The van der Waals surface area contributed by atoms with Crippen molar-refractivity contribution in [3.8, 4) is 0 Å². The van der Waals surface area contributed by atoms with E-state index in [1.54, 1.807) is 5.32 Å². The van der Waals surface area contributed by atoms with E-state index >= 15 is 0 Å². The number of hydrogen-bond donors (Lipinski definition) is 2. The Morgan fingerprint density at radius 1 is 1.47 bits per heavy atom. The maximum Gasteiger partial charge on any atom is 0.383 e. The van der Waals surface area contributed by atoms with Crippen LogP contribution in [0, 0.1) is 0 Å². The van der Waals surface area contributed by atoms with Gasteiger partial charge in [-0.15, -0.1) is 0 Å². The molecule has 0 bridgehead atoms. The van der Waals surface area contributed by atoms with Crippen molar-refractivity contribution >= 4 is 5.91 Å². The van der Waals surface area contributed by atoms with Crippen molar-refractivity contribution in [3.05, 3.63) is 0 Å². The van der Waals surface area contributed by atoms with Crippen LogP contribution in [0.4, 0.5) is 17.6 Å². The zero-order valence-electron chi connectivity index (χ0n) is 7.90. The van der Waals surface area contributed by atoms with Gasteiger partial charge < -0.3 is 11.1 Å². The van der Waals surface area contributed by atoms with E-state index in [1.165, 1.54) is 0 Å². The van der Waals surface area contributed by atoms with E-state index in [4.69, 9.17) is 5.73 Å². The summed E-state index contributed by atoms with van der Waals surface area (Å²) in [7, 11) is 0. The van der Waals surface area contributed by atoms with Gasteiger partial charge in [0.15, 0.2) is 0 Å². The highest BCUT2D eigenvalue weighted by molar-refractivity contribution is 5.83. The van der Waals surface area contributed by atoms with Gasteiger partial charge in [-0.1, -0.05) is 0 Å². The van der Waals surface area contributed by atoms with Crippen LogP contribution in [-0.2, 0) is 4.79 Å². The molecule has 1 fully saturated rings. The fourth-order valence-electron chi connectivity index (χ4n) is 1.28. The first kappa shape index (κ1) is 12.2. The minimum Gasteiger partial charge on any atom is -0.349 e. The van der Waals surface area contributed by atoms with Crippen molar-refractivity contribution in [1.82, 2.24) is 5.32 Å². The average Bonchev–Trinajstić information content (AvgIpc) is 2.10. The Balaban J connectivity index is 2.42. The Labute approximate surface area is 84.0 Å². The van der Waals surface area contributed by atoms with Gasteiger partial charge in [0.2, 0.25) is 0 Å². The maximum atomic E-state index is 12.4. The fourth-order valence-corrected chi connectivity index (χ4v) is 1.28. The molecule has 1 amide bonds. The third-order valence-electron chi connectivity index (χ3n) is 2.53. The van der Waals surface area contributed by atoms with Gasteiger partial charge in [-0.25, -0.2) is 8.78 Å². The number of alkyl halides is 4. The van der Waals surface area contributed by atoms with E-state index in [0.717, 1.165) is 6.42 Å². The van der Waals surface area contributed by atoms with Crippen molar-refractivity contribution in [2.24, 2.45) is 5.73 Å². The number of carbonyl (C=O) groups excluding carboxylic acids is 1. The summed E-state index contributed by atoms with van der Waals surface area (Å²) in [4.78, 5) is 10.7. The van der Waals surface area contributed by atoms with Crippen molar-refractivity contribution in [2.45, 2.75) is 37.1 Å². The molecule has 1 aliphatic rings. The molecule has 0 aromatic heterocycles. The molecule has 7 heteroatoms. The molecule has 0 atom stereocenters. The standard InChI is InChI=1S/C8H12F4N2O/c9-5(10)8(11,12)6(15)14-4-7(13)2-1-3-7/h5H,1-4,13H2,(H,14,15). The van der Waals surface area contributed by atoms with Gasteiger partial charge in [0.05, 0.1) is 0 Å². The van der Waals surface area contributed by atoms with Crippen LogP contribution in [0.5, 0.6) is 0 Å². The van der Waals surface area contributed by atoms with Crippen LogP contribution in [0.1, 0.15) is 19.3 Å². The van der Waals surface area contributed by atoms with Crippen molar-refractivity contribution in [2.75, 3.05) is 6.54 Å². The molecule has 0 aromatic carbocycles. The molecular formula is C8H12F4N2O. The van der Waals surface area contributed by atoms with E-state index in [0.29, 0.717) is 12.8 Å². The number of nitrogens with one attached hydrogen (secondary N) is 1. The van der Waals surface area contributed by atoms with E-state index < -0.39 is 23.8 Å².